The molecule has 48 heavy (non-hydrogen) atoms. The molecule has 4 rings (SSSR count). The summed E-state index contributed by atoms with van der Waals surface area (Å²) in [6.45, 7) is 7.64. The van der Waals surface area contributed by atoms with Crippen molar-refractivity contribution in [1.29, 1.82) is 0 Å². The molecule has 1 aliphatic carbocycles. The van der Waals surface area contributed by atoms with E-state index in [1.165, 1.54) is 7.11 Å². The van der Waals surface area contributed by atoms with Gasteiger partial charge in [0, 0.05) is 43.9 Å². The van der Waals surface area contributed by atoms with E-state index in [0.717, 1.165) is 61.8 Å². The summed E-state index contributed by atoms with van der Waals surface area (Å²) in [6, 6.07) is 13.2. The minimum atomic E-state index is -0.638. The van der Waals surface area contributed by atoms with Crippen LogP contribution in [-0.4, -0.2) is 81.7 Å². The number of halogens is 1. The largest absolute Gasteiger partial charge is 0.453 e. The Hall–Kier alpha value is -3.34. The summed E-state index contributed by atoms with van der Waals surface area (Å²) >= 11 is 6.40. The van der Waals surface area contributed by atoms with Gasteiger partial charge in [-0.15, -0.1) is 0 Å². The van der Waals surface area contributed by atoms with Gasteiger partial charge in [0.25, 0.3) is 5.91 Å². The second kappa shape index (κ2) is 17.9. The van der Waals surface area contributed by atoms with Crippen LogP contribution in [0.1, 0.15) is 105 Å². The second-order valence-corrected chi connectivity index (χ2v) is 14.3. The molecule has 2 fully saturated rings. The zero-order valence-corrected chi connectivity index (χ0v) is 29.8. The molecule has 0 aromatic heterocycles. The fourth-order valence-corrected chi connectivity index (χ4v) is 6.66. The van der Waals surface area contributed by atoms with Crippen molar-refractivity contribution in [2.45, 2.75) is 89.4 Å². The number of amides is 3. The number of carbonyl (C=O) groups is 3. The number of hydrogen-bond donors (Lipinski definition) is 2. The Morgan fingerprint density at radius 1 is 1.02 bits per heavy atom. The van der Waals surface area contributed by atoms with Crippen molar-refractivity contribution in [3.63, 3.8) is 0 Å². The van der Waals surface area contributed by atoms with Gasteiger partial charge in [-0.1, -0.05) is 42.6 Å². The number of alkyl carbamates (subject to hydrolysis) is 1. The average molecular weight is 686 g/mol. The maximum absolute atomic E-state index is 14.0. The van der Waals surface area contributed by atoms with Crippen LogP contribution in [0.5, 0.6) is 0 Å². The number of methoxy groups -OCH3 is 1. The molecule has 2 N–H and O–H groups in total. The van der Waals surface area contributed by atoms with Gasteiger partial charge in [0.05, 0.1) is 19.8 Å². The van der Waals surface area contributed by atoms with Crippen LogP contribution in [0.2, 0.25) is 5.02 Å². The van der Waals surface area contributed by atoms with Crippen molar-refractivity contribution < 1.29 is 33.3 Å². The number of ether oxygens (including phenoxy) is 4. The van der Waals surface area contributed by atoms with E-state index >= 15 is 0 Å². The first kappa shape index (κ1) is 37.5. The van der Waals surface area contributed by atoms with Crippen LogP contribution in [0.4, 0.5) is 9.59 Å². The number of nitrogens with zero attached hydrogens (tertiary/aromatic N) is 1. The highest BCUT2D eigenvalue weighted by Crippen LogP contribution is 2.37. The van der Waals surface area contributed by atoms with Crippen LogP contribution in [0.15, 0.2) is 42.5 Å². The molecule has 2 aliphatic rings. The molecule has 1 aliphatic heterocycles. The molecule has 1 saturated carbocycles. The summed E-state index contributed by atoms with van der Waals surface area (Å²) < 4.78 is 22.5. The highest BCUT2D eigenvalue weighted by molar-refractivity contribution is 6.30. The summed E-state index contributed by atoms with van der Waals surface area (Å²) in [6.07, 6.45) is 5.59. The van der Waals surface area contributed by atoms with Gasteiger partial charge in [-0.2, -0.15) is 0 Å². The third-order valence-corrected chi connectivity index (χ3v) is 9.18. The predicted molar refractivity (Wildman–Crippen MR) is 186 cm³/mol. The van der Waals surface area contributed by atoms with Crippen molar-refractivity contribution >= 4 is 29.7 Å². The first-order valence-corrected chi connectivity index (χ1v) is 17.5. The van der Waals surface area contributed by atoms with E-state index in [-0.39, 0.29) is 37.6 Å². The van der Waals surface area contributed by atoms with Gasteiger partial charge in [0.1, 0.15) is 11.7 Å². The molecule has 1 saturated heterocycles. The van der Waals surface area contributed by atoms with E-state index in [0.29, 0.717) is 29.5 Å². The number of rotatable bonds is 13. The molecule has 3 atom stereocenters. The minimum absolute atomic E-state index is 0.213. The Labute approximate surface area is 290 Å². The third-order valence-electron chi connectivity index (χ3n) is 8.95. The fraction of sp³-hybridized carbons (Fsp3) is 0.595. The monoisotopic (exact) mass is 685 g/mol. The lowest BCUT2D eigenvalue weighted by Crippen LogP contribution is -2.48. The quantitative estimate of drug-likeness (QED) is 0.214. The Morgan fingerprint density at radius 3 is 2.46 bits per heavy atom. The average Bonchev–Trinajstić information content (AvgIpc) is 3.61. The molecular formula is C37H52ClN3O7. The van der Waals surface area contributed by atoms with Crippen LogP contribution in [0.3, 0.4) is 0 Å². The molecule has 0 bridgehead atoms. The lowest BCUT2D eigenvalue weighted by Gasteiger charge is -2.34. The van der Waals surface area contributed by atoms with Gasteiger partial charge in [-0.05, 0) is 106 Å². The highest BCUT2D eigenvalue weighted by atomic mass is 35.5. The van der Waals surface area contributed by atoms with Crippen LogP contribution in [0, 0.1) is 5.92 Å². The Kier molecular flexibility index (Phi) is 14.0. The normalized spacial score (nSPS) is 18.1. The Balaban J connectivity index is 1.60. The van der Waals surface area contributed by atoms with Crippen LogP contribution in [-0.2, 0) is 18.9 Å². The molecule has 1 heterocycles. The van der Waals surface area contributed by atoms with E-state index < -0.39 is 23.9 Å². The minimum Gasteiger partial charge on any atom is -0.453 e. The third kappa shape index (κ3) is 11.4. The number of benzene rings is 2. The summed E-state index contributed by atoms with van der Waals surface area (Å²) in [5, 5.41) is 6.36. The molecule has 2 aromatic rings. The molecule has 0 spiro atoms. The lowest BCUT2D eigenvalue weighted by molar-refractivity contribution is 0.0112. The van der Waals surface area contributed by atoms with Gasteiger partial charge in [0.2, 0.25) is 0 Å². The Bertz CT molecular complexity index is 1370. The zero-order valence-electron chi connectivity index (χ0n) is 29.0. The predicted octanol–water partition coefficient (Wildman–Crippen LogP) is 7.24. The molecule has 11 heteroatoms. The summed E-state index contributed by atoms with van der Waals surface area (Å²) in [5.41, 5.74) is 2.65. The maximum Gasteiger partial charge on any atom is 0.410 e. The highest BCUT2D eigenvalue weighted by Gasteiger charge is 2.30. The number of hydrogen-bond acceptors (Lipinski definition) is 7. The van der Waals surface area contributed by atoms with Crippen LogP contribution in [0.25, 0.3) is 0 Å². The van der Waals surface area contributed by atoms with Crippen molar-refractivity contribution in [3.05, 3.63) is 69.7 Å². The summed E-state index contributed by atoms with van der Waals surface area (Å²) in [5.74, 6) is 0.401. The number of likely N-dealkylation sites (N-methyl/N-ethyl adjacent to an activating group) is 1. The summed E-state index contributed by atoms with van der Waals surface area (Å²) in [7, 11) is 3.05. The zero-order chi connectivity index (χ0) is 34.7. The lowest BCUT2D eigenvalue weighted by atomic mass is 9.90. The van der Waals surface area contributed by atoms with Gasteiger partial charge in [-0.25, -0.2) is 9.59 Å². The standard InChI is InChI=1S/C37H52ClN3O7/c1-37(2,3)48-36(44)41(4)32(18-25-10-9-16-46-24-25)23-40-34(42)30-20-28(26-11-6-7-12-26)19-29(21-30)33(27-13-8-14-31(38)22-27)47-17-15-39-35(43)45-5/h8,13-14,19-22,25-26,32-33H,6-7,9-12,15-18,23-24H2,1-5H3,(H,39,43)(H,40,42)/t25-,32+,33?/m1/s1. The van der Waals surface area contributed by atoms with Gasteiger partial charge < -0.3 is 34.5 Å². The van der Waals surface area contributed by atoms with E-state index in [1.807, 2.05) is 51.1 Å². The van der Waals surface area contributed by atoms with E-state index in [1.54, 1.807) is 18.0 Å². The number of carbonyl (C=O) groups excluding carboxylic acids is 3. The van der Waals surface area contributed by atoms with Crippen LogP contribution >= 0.6 is 11.6 Å². The van der Waals surface area contributed by atoms with Crippen molar-refractivity contribution in [3.8, 4) is 0 Å². The molecule has 3 amide bonds. The smallest absolute Gasteiger partial charge is 0.410 e. The Morgan fingerprint density at radius 2 is 1.79 bits per heavy atom. The van der Waals surface area contributed by atoms with Crippen molar-refractivity contribution in [1.82, 2.24) is 15.5 Å². The van der Waals surface area contributed by atoms with Crippen LogP contribution < -0.4 is 10.6 Å². The number of nitrogens with one attached hydrogen (secondary N) is 2. The van der Waals surface area contributed by atoms with E-state index in [2.05, 4.69) is 21.4 Å². The maximum atomic E-state index is 14.0. The van der Waals surface area contributed by atoms with Crippen molar-refractivity contribution in [2.75, 3.05) is 47.1 Å². The van der Waals surface area contributed by atoms with Gasteiger partial charge in [0.15, 0.2) is 0 Å². The van der Waals surface area contributed by atoms with Gasteiger partial charge in [-0.3, -0.25) is 4.79 Å². The first-order chi connectivity index (χ1) is 22.9. The molecule has 2 aromatic carbocycles. The molecule has 1 unspecified atom stereocenters. The molecular weight excluding hydrogens is 634 g/mol. The topological polar surface area (TPSA) is 115 Å². The van der Waals surface area contributed by atoms with E-state index in [9.17, 15) is 14.4 Å². The van der Waals surface area contributed by atoms with Gasteiger partial charge >= 0.3 is 12.2 Å². The summed E-state index contributed by atoms with van der Waals surface area (Å²) in [4.78, 5) is 40.3. The fourth-order valence-electron chi connectivity index (χ4n) is 6.46. The SMILES string of the molecule is COC(=O)NCCOC(c1cccc(Cl)c1)c1cc(C(=O)NC[C@H](C[C@H]2CCCOC2)N(C)C(=O)OC(C)(C)C)cc(C2CCCC2)c1. The molecule has 0 radical (unpaired) electrons. The molecule has 10 nitrogen and oxygen atoms in total. The first-order valence-electron chi connectivity index (χ1n) is 17.1. The van der Waals surface area contributed by atoms with E-state index in [4.69, 9.17) is 25.8 Å². The molecule has 264 valence electrons. The van der Waals surface area contributed by atoms with Crippen molar-refractivity contribution in [2.24, 2.45) is 5.92 Å². The second-order valence-electron chi connectivity index (χ2n) is 13.9.